The standard InChI is InChI=1S/C11H14BrFN2OS/c1-7(15-17(16)11(2,3)4)10-8(13)5-6-9(12)14-10/h5-6H,1-4H3/b15-7-. The Balaban J connectivity index is 3.08. The highest BCUT2D eigenvalue weighted by Gasteiger charge is 2.27. The summed E-state index contributed by atoms with van der Waals surface area (Å²) in [5.41, 5.74) is 0.453. The van der Waals surface area contributed by atoms with Gasteiger partial charge in [-0.1, -0.05) is 4.40 Å². The molecule has 0 aliphatic heterocycles. The van der Waals surface area contributed by atoms with Crippen molar-refractivity contribution in [3.8, 4) is 0 Å². The number of pyridine rings is 1. The summed E-state index contributed by atoms with van der Waals surface area (Å²) in [7, 11) is 0. The minimum Gasteiger partial charge on any atom is -0.591 e. The molecule has 0 bridgehead atoms. The summed E-state index contributed by atoms with van der Waals surface area (Å²) in [5, 5.41) is 0. The molecule has 0 saturated heterocycles. The maximum atomic E-state index is 13.5. The van der Waals surface area contributed by atoms with Crippen molar-refractivity contribution < 1.29 is 8.94 Å². The normalized spacial score (nSPS) is 14.9. The van der Waals surface area contributed by atoms with Gasteiger partial charge in [-0.3, -0.25) is 0 Å². The molecule has 0 spiro atoms. The Bertz CT molecular complexity index is 446. The minimum atomic E-state index is -1.42. The van der Waals surface area contributed by atoms with Crippen molar-refractivity contribution in [2.24, 2.45) is 4.40 Å². The van der Waals surface area contributed by atoms with Crippen molar-refractivity contribution in [3.63, 3.8) is 0 Å². The Kier molecular flexibility index (Phi) is 4.69. The van der Waals surface area contributed by atoms with E-state index < -0.39 is 21.9 Å². The van der Waals surface area contributed by atoms with E-state index in [0.717, 1.165) is 0 Å². The maximum absolute atomic E-state index is 13.5. The third-order valence-electron chi connectivity index (χ3n) is 1.90. The van der Waals surface area contributed by atoms with Crippen LogP contribution in [0.3, 0.4) is 0 Å². The van der Waals surface area contributed by atoms with Crippen molar-refractivity contribution >= 4 is 33.0 Å². The average Bonchev–Trinajstić information content (AvgIpc) is 2.20. The molecular weight excluding hydrogens is 307 g/mol. The molecule has 6 heteroatoms. The summed E-state index contributed by atoms with van der Waals surface area (Å²) in [4.78, 5) is 3.98. The lowest BCUT2D eigenvalue weighted by Crippen LogP contribution is -2.27. The second-order valence-corrected chi connectivity index (χ2v) is 7.22. The van der Waals surface area contributed by atoms with Crippen LogP contribution in [0.5, 0.6) is 0 Å². The van der Waals surface area contributed by atoms with Crippen LogP contribution in [-0.2, 0) is 11.4 Å². The summed E-state index contributed by atoms with van der Waals surface area (Å²) in [5.74, 6) is -0.472. The van der Waals surface area contributed by atoms with Gasteiger partial charge in [0.1, 0.15) is 32.1 Å². The highest BCUT2D eigenvalue weighted by atomic mass is 79.9. The lowest BCUT2D eigenvalue weighted by atomic mass is 10.2. The maximum Gasteiger partial charge on any atom is 0.150 e. The predicted octanol–water partition coefficient (Wildman–Crippen LogP) is 3.25. The second-order valence-electron chi connectivity index (χ2n) is 4.50. The molecule has 1 aromatic heterocycles. The first-order valence-electron chi connectivity index (χ1n) is 5.01. The smallest absolute Gasteiger partial charge is 0.150 e. The third kappa shape index (κ3) is 4.04. The molecule has 0 radical (unpaired) electrons. The van der Waals surface area contributed by atoms with Gasteiger partial charge in [0.15, 0.2) is 5.82 Å². The van der Waals surface area contributed by atoms with Gasteiger partial charge in [-0.05, 0) is 55.8 Å². The van der Waals surface area contributed by atoms with Gasteiger partial charge in [0.25, 0.3) is 0 Å². The Labute approximate surface area is 112 Å². The number of aromatic nitrogens is 1. The van der Waals surface area contributed by atoms with Crippen LogP contribution in [0, 0.1) is 5.82 Å². The number of rotatable bonds is 2. The Morgan fingerprint density at radius 3 is 2.59 bits per heavy atom. The van der Waals surface area contributed by atoms with Gasteiger partial charge in [0, 0.05) is 0 Å². The van der Waals surface area contributed by atoms with E-state index in [1.165, 1.54) is 12.1 Å². The molecule has 0 aliphatic carbocycles. The zero-order chi connectivity index (χ0) is 13.2. The zero-order valence-corrected chi connectivity index (χ0v) is 12.5. The van der Waals surface area contributed by atoms with E-state index in [0.29, 0.717) is 10.3 Å². The topological polar surface area (TPSA) is 48.3 Å². The van der Waals surface area contributed by atoms with Crippen LogP contribution < -0.4 is 0 Å². The van der Waals surface area contributed by atoms with Crippen molar-refractivity contribution in [1.29, 1.82) is 0 Å². The SMILES string of the molecule is C/C(=N/[S+]([O-])C(C)(C)C)c1nc(Br)ccc1F. The second kappa shape index (κ2) is 5.46. The van der Waals surface area contributed by atoms with Crippen LogP contribution in [0.4, 0.5) is 4.39 Å². The first kappa shape index (κ1) is 14.6. The van der Waals surface area contributed by atoms with E-state index in [1.807, 2.05) is 20.8 Å². The number of nitrogens with zero attached hydrogens (tertiary/aromatic N) is 2. The van der Waals surface area contributed by atoms with Crippen LogP contribution in [0.2, 0.25) is 0 Å². The van der Waals surface area contributed by atoms with Crippen LogP contribution in [0.1, 0.15) is 33.4 Å². The summed E-state index contributed by atoms with van der Waals surface area (Å²) in [6.45, 7) is 7.03. The average molecular weight is 321 g/mol. The number of hydrogen-bond donors (Lipinski definition) is 0. The molecule has 94 valence electrons. The van der Waals surface area contributed by atoms with Gasteiger partial charge in [-0.2, -0.15) is 0 Å². The zero-order valence-electron chi connectivity index (χ0n) is 10.1. The molecular formula is C11H14BrFN2OS. The van der Waals surface area contributed by atoms with E-state index in [9.17, 15) is 8.94 Å². The van der Waals surface area contributed by atoms with Crippen LogP contribution >= 0.6 is 15.9 Å². The molecule has 0 fully saturated rings. The quantitative estimate of drug-likeness (QED) is 0.477. The molecule has 1 unspecified atom stereocenters. The van der Waals surface area contributed by atoms with Gasteiger partial charge < -0.3 is 4.55 Å². The van der Waals surface area contributed by atoms with E-state index in [4.69, 9.17) is 0 Å². The first-order chi connectivity index (χ1) is 7.71. The van der Waals surface area contributed by atoms with Crippen molar-refractivity contribution in [1.82, 2.24) is 4.98 Å². The molecule has 1 aromatic rings. The van der Waals surface area contributed by atoms with E-state index in [1.54, 1.807) is 6.92 Å². The fourth-order valence-electron chi connectivity index (χ4n) is 0.977. The fraction of sp³-hybridized carbons (Fsp3) is 0.455. The molecule has 0 amide bonds. The molecule has 0 N–H and O–H groups in total. The lowest BCUT2D eigenvalue weighted by Gasteiger charge is -2.18. The van der Waals surface area contributed by atoms with Crippen molar-refractivity contribution in [2.45, 2.75) is 32.4 Å². The number of halogens is 2. The molecule has 0 aliphatic rings. The Morgan fingerprint density at radius 1 is 1.47 bits per heavy atom. The highest BCUT2D eigenvalue weighted by molar-refractivity contribution is 9.10. The van der Waals surface area contributed by atoms with Gasteiger partial charge in [-0.15, -0.1) is 0 Å². The van der Waals surface area contributed by atoms with Crippen molar-refractivity contribution in [3.05, 3.63) is 28.2 Å². The minimum absolute atomic E-state index is 0.122. The van der Waals surface area contributed by atoms with Crippen LogP contribution in [-0.4, -0.2) is 20.0 Å². The lowest BCUT2D eigenvalue weighted by molar-refractivity contribution is 0.561. The van der Waals surface area contributed by atoms with E-state index in [-0.39, 0.29) is 5.69 Å². The fourth-order valence-corrected chi connectivity index (χ4v) is 1.90. The summed E-state index contributed by atoms with van der Waals surface area (Å²) >= 11 is 1.74. The molecule has 3 nitrogen and oxygen atoms in total. The first-order valence-corrected chi connectivity index (χ1v) is 6.91. The van der Waals surface area contributed by atoms with Gasteiger partial charge >= 0.3 is 0 Å². The third-order valence-corrected chi connectivity index (χ3v) is 3.83. The van der Waals surface area contributed by atoms with Gasteiger partial charge in [0.05, 0.1) is 0 Å². The molecule has 17 heavy (non-hydrogen) atoms. The van der Waals surface area contributed by atoms with E-state index >= 15 is 0 Å². The monoisotopic (exact) mass is 320 g/mol. The molecule has 1 rings (SSSR count). The number of hydrogen-bond acceptors (Lipinski definition) is 3. The Hall–Kier alpha value is -0.460. The molecule has 1 heterocycles. The van der Waals surface area contributed by atoms with Gasteiger partial charge in [0.2, 0.25) is 0 Å². The van der Waals surface area contributed by atoms with Crippen molar-refractivity contribution in [2.75, 3.05) is 0 Å². The Morgan fingerprint density at radius 2 is 2.06 bits per heavy atom. The van der Waals surface area contributed by atoms with E-state index in [2.05, 4.69) is 25.3 Å². The molecule has 0 aromatic carbocycles. The predicted molar refractivity (Wildman–Crippen MR) is 72.0 cm³/mol. The largest absolute Gasteiger partial charge is 0.591 e. The summed E-state index contributed by atoms with van der Waals surface area (Å²) in [6, 6.07) is 2.80. The summed E-state index contributed by atoms with van der Waals surface area (Å²) < 4.78 is 29.3. The molecule has 0 saturated carbocycles. The highest BCUT2D eigenvalue weighted by Crippen LogP contribution is 2.19. The van der Waals surface area contributed by atoms with Crippen LogP contribution in [0.15, 0.2) is 21.1 Å². The summed E-state index contributed by atoms with van der Waals surface area (Å²) in [6.07, 6.45) is 0. The molecule has 1 atom stereocenters. The van der Waals surface area contributed by atoms with Gasteiger partial charge in [-0.25, -0.2) is 9.37 Å². The van der Waals surface area contributed by atoms with Crippen LogP contribution in [0.25, 0.3) is 0 Å².